The first kappa shape index (κ1) is 8.61. The number of amides is 1. The third-order valence-corrected chi connectivity index (χ3v) is 1.43. The highest BCUT2D eigenvalue weighted by Gasteiger charge is 2.08. The molecular formula is C7H10N4O. The Balaban J connectivity index is 2.65. The largest absolute Gasteiger partial charge is 0.370 e. The maximum absolute atomic E-state index is 10.5. The first-order chi connectivity index (χ1) is 5.70. The van der Waals surface area contributed by atoms with Crippen molar-refractivity contribution in [3.63, 3.8) is 0 Å². The number of primary amides is 1. The van der Waals surface area contributed by atoms with E-state index in [2.05, 4.69) is 9.97 Å². The van der Waals surface area contributed by atoms with Crippen molar-refractivity contribution >= 4 is 5.91 Å². The molecule has 1 atom stereocenters. The molecule has 0 aliphatic rings. The van der Waals surface area contributed by atoms with Crippen LogP contribution in [0, 0.1) is 0 Å². The zero-order chi connectivity index (χ0) is 8.97. The van der Waals surface area contributed by atoms with Crippen molar-refractivity contribution in [2.45, 2.75) is 12.5 Å². The number of carbonyl (C=O) groups is 1. The highest BCUT2D eigenvalue weighted by Crippen LogP contribution is 2.09. The molecule has 0 radical (unpaired) electrons. The van der Waals surface area contributed by atoms with E-state index >= 15 is 0 Å². The lowest BCUT2D eigenvalue weighted by Crippen LogP contribution is -2.20. The van der Waals surface area contributed by atoms with Gasteiger partial charge in [-0.25, -0.2) is 9.97 Å². The summed E-state index contributed by atoms with van der Waals surface area (Å²) in [4.78, 5) is 18.0. The number of hydrogen-bond donors (Lipinski definition) is 2. The van der Waals surface area contributed by atoms with Gasteiger partial charge in [0.25, 0.3) is 0 Å². The Hall–Kier alpha value is -1.49. The van der Waals surface area contributed by atoms with Crippen molar-refractivity contribution < 1.29 is 4.79 Å². The lowest BCUT2D eigenvalue weighted by molar-refractivity contribution is -0.118. The van der Waals surface area contributed by atoms with Crippen LogP contribution in [0.25, 0.3) is 0 Å². The van der Waals surface area contributed by atoms with Crippen LogP contribution in [0.3, 0.4) is 0 Å². The van der Waals surface area contributed by atoms with Crippen LogP contribution in [0.15, 0.2) is 18.7 Å². The lowest BCUT2D eigenvalue weighted by atomic mass is 10.1. The number of aromatic nitrogens is 2. The van der Waals surface area contributed by atoms with Crippen LogP contribution in [-0.4, -0.2) is 15.9 Å². The Morgan fingerprint density at radius 3 is 2.58 bits per heavy atom. The molecule has 0 aromatic carbocycles. The van der Waals surface area contributed by atoms with E-state index < -0.39 is 11.9 Å². The molecule has 0 saturated heterocycles. The van der Waals surface area contributed by atoms with Gasteiger partial charge in [0.05, 0.1) is 0 Å². The van der Waals surface area contributed by atoms with Gasteiger partial charge in [-0.2, -0.15) is 0 Å². The Labute approximate surface area is 69.8 Å². The SMILES string of the molecule is NC(=O)C[C@@H](N)c1cncnc1. The van der Waals surface area contributed by atoms with E-state index in [9.17, 15) is 4.79 Å². The molecule has 1 rings (SSSR count). The van der Waals surface area contributed by atoms with Gasteiger partial charge in [0, 0.05) is 30.4 Å². The average molecular weight is 166 g/mol. The van der Waals surface area contributed by atoms with E-state index in [1.165, 1.54) is 6.33 Å². The molecule has 0 spiro atoms. The molecule has 0 unspecified atom stereocenters. The number of nitrogens with zero attached hydrogens (tertiary/aromatic N) is 2. The zero-order valence-corrected chi connectivity index (χ0v) is 6.47. The van der Waals surface area contributed by atoms with E-state index in [0.29, 0.717) is 0 Å². The topological polar surface area (TPSA) is 94.9 Å². The van der Waals surface area contributed by atoms with Crippen molar-refractivity contribution in [1.82, 2.24) is 9.97 Å². The smallest absolute Gasteiger partial charge is 0.219 e. The number of nitrogens with two attached hydrogens (primary N) is 2. The van der Waals surface area contributed by atoms with Crippen LogP contribution in [0.4, 0.5) is 0 Å². The highest BCUT2D eigenvalue weighted by molar-refractivity contribution is 5.74. The van der Waals surface area contributed by atoms with Crippen molar-refractivity contribution in [3.05, 3.63) is 24.3 Å². The molecule has 5 heteroatoms. The molecular weight excluding hydrogens is 156 g/mol. The zero-order valence-electron chi connectivity index (χ0n) is 6.47. The van der Waals surface area contributed by atoms with Crippen molar-refractivity contribution in [3.8, 4) is 0 Å². The molecule has 0 aliphatic heterocycles. The van der Waals surface area contributed by atoms with Gasteiger partial charge in [-0.15, -0.1) is 0 Å². The second kappa shape index (κ2) is 3.77. The molecule has 5 nitrogen and oxygen atoms in total. The second-order valence-corrected chi connectivity index (χ2v) is 2.45. The van der Waals surface area contributed by atoms with Crippen LogP contribution >= 0.6 is 0 Å². The Kier molecular flexibility index (Phi) is 2.71. The molecule has 0 saturated carbocycles. The van der Waals surface area contributed by atoms with Crippen LogP contribution in [0.2, 0.25) is 0 Å². The fourth-order valence-electron chi connectivity index (χ4n) is 0.837. The van der Waals surface area contributed by atoms with Gasteiger partial charge in [0.15, 0.2) is 0 Å². The average Bonchev–Trinajstić information content (AvgIpc) is 2.05. The van der Waals surface area contributed by atoms with E-state index in [0.717, 1.165) is 5.56 Å². The van der Waals surface area contributed by atoms with Gasteiger partial charge < -0.3 is 11.5 Å². The first-order valence-electron chi connectivity index (χ1n) is 3.49. The molecule has 1 aromatic rings. The fraction of sp³-hybridized carbons (Fsp3) is 0.286. The molecule has 1 heterocycles. The van der Waals surface area contributed by atoms with Gasteiger partial charge in [-0.1, -0.05) is 0 Å². The molecule has 0 aliphatic carbocycles. The van der Waals surface area contributed by atoms with Crippen LogP contribution in [0.1, 0.15) is 18.0 Å². The minimum absolute atomic E-state index is 0.118. The quantitative estimate of drug-likeness (QED) is 0.623. The summed E-state index contributed by atoms with van der Waals surface area (Å²) in [6.45, 7) is 0. The summed E-state index contributed by atoms with van der Waals surface area (Å²) in [5, 5.41) is 0. The third kappa shape index (κ3) is 2.28. The Bertz CT molecular complexity index is 261. The minimum Gasteiger partial charge on any atom is -0.370 e. The molecule has 0 bridgehead atoms. The van der Waals surface area contributed by atoms with Crippen LogP contribution in [-0.2, 0) is 4.79 Å². The normalized spacial score (nSPS) is 12.4. The van der Waals surface area contributed by atoms with Crippen molar-refractivity contribution in [2.24, 2.45) is 11.5 Å². The Morgan fingerprint density at radius 1 is 1.50 bits per heavy atom. The van der Waals surface area contributed by atoms with Gasteiger partial charge in [0.2, 0.25) is 5.91 Å². The highest BCUT2D eigenvalue weighted by atomic mass is 16.1. The third-order valence-electron chi connectivity index (χ3n) is 1.43. The molecule has 0 fully saturated rings. The molecule has 4 N–H and O–H groups in total. The summed E-state index contributed by atoms with van der Waals surface area (Å²) in [6, 6.07) is -0.399. The van der Waals surface area contributed by atoms with Crippen molar-refractivity contribution in [2.75, 3.05) is 0 Å². The van der Waals surface area contributed by atoms with Gasteiger partial charge in [-0.05, 0) is 0 Å². The summed E-state index contributed by atoms with van der Waals surface area (Å²) in [5.41, 5.74) is 11.3. The number of hydrogen-bond acceptors (Lipinski definition) is 4. The molecule has 1 amide bonds. The predicted octanol–water partition coefficient (Wildman–Crippen LogP) is -0.648. The minimum atomic E-state index is -0.425. The second-order valence-electron chi connectivity index (χ2n) is 2.45. The van der Waals surface area contributed by atoms with Crippen LogP contribution in [0.5, 0.6) is 0 Å². The predicted molar refractivity (Wildman–Crippen MR) is 42.8 cm³/mol. The summed E-state index contributed by atoms with van der Waals surface area (Å²) < 4.78 is 0. The monoisotopic (exact) mass is 166 g/mol. The summed E-state index contributed by atoms with van der Waals surface area (Å²) in [7, 11) is 0. The number of rotatable bonds is 3. The lowest BCUT2D eigenvalue weighted by Gasteiger charge is -2.07. The summed E-state index contributed by atoms with van der Waals surface area (Å²) in [5.74, 6) is -0.425. The van der Waals surface area contributed by atoms with Crippen molar-refractivity contribution in [1.29, 1.82) is 0 Å². The van der Waals surface area contributed by atoms with Gasteiger partial charge >= 0.3 is 0 Å². The summed E-state index contributed by atoms with van der Waals surface area (Å²) in [6.07, 6.45) is 4.66. The first-order valence-corrected chi connectivity index (χ1v) is 3.49. The fourth-order valence-corrected chi connectivity index (χ4v) is 0.837. The summed E-state index contributed by atoms with van der Waals surface area (Å²) >= 11 is 0. The Morgan fingerprint density at radius 2 is 2.08 bits per heavy atom. The van der Waals surface area contributed by atoms with Gasteiger partial charge in [-0.3, -0.25) is 4.79 Å². The van der Waals surface area contributed by atoms with E-state index in [1.807, 2.05) is 0 Å². The maximum Gasteiger partial charge on any atom is 0.219 e. The number of carbonyl (C=O) groups excluding carboxylic acids is 1. The van der Waals surface area contributed by atoms with Gasteiger partial charge in [0.1, 0.15) is 6.33 Å². The van der Waals surface area contributed by atoms with E-state index in [-0.39, 0.29) is 6.42 Å². The van der Waals surface area contributed by atoms with E-state index in [1.54, 1.807) is 12.4 Å². The standard InChI is InChI=1S/C7H10N4O/c8-6(1-7(9)12)5-2-10-4-11-3-5/h2-4,6H,1,8H2,(H2,9,12)/t6-/m1/s1. The molecule has 12 heavy (non-hydrogen) atoms. The molecule has 64 valence electrons. The molecule has 1 aromatic heterocycles. The van der Waals surface area contributed by atoms with E-state index in [4.69, 9.17) is 11.5 Å². The van der Waals surface area contributed by atoms with Crippen LogP contribution < -0.4 is 11.5 Å². The maximum atomic E-state index is 10.5.